The molecule has 0 heterocycles. The summed E-state index contributed by atoms with van der Waals surface area (Å²) >= 11 is 0. The summed E-state index contributed by atoms with van der Waals surface area (Å²) in [6.07, 6.45) is 1.11. The number of carbonyl (C=O) groups is 1. The molecule has 152 valence electrons. The second-order valence-corrected chi connectivity index (χ2v) is 10.3. The van der Waals surface area contributed by atoms with Gasteiger partial charge in [-0.05, 0) is 40.7 Å². The number of nitrogens with one attached hydrogen (secondary N) is 1. The lowest BCUT2D eigenvalue weighted by molar-refractivity contribution is -0.114. The minimum absolute atomic E-state index is 0.0353. The van der Waals surface area contributed by atoms with Gasteiger partial charge in [0.25, 0.3) is 0 Å². The van der Waals surface area contributed by atoms with Crippen LogP contribution in [0.4, 0.5) is 11.4 Å². The van der Waals surface area contributed by atoms with E-state index in [1.54, 1.807) is 12.1 Å². The van der Waals surface area contributed by atoms with Crippen molar-refractivity contribution in [3.8, 4) is 0 Å². The molecule has 2 aromatic carbocycles. The minimum Gasteiger partial charge on any atom is -0.324 e. The van der Waals surface area contributed by atoms with Crippen molar-refractivity contribution >= 4 is 27.3 Å². The van der Waals surface area contributed by atoms with Crippen molar-refractivity contribution in [2.45, 2.75) is 46.0 Å². The van der Waals surface area contributed by atoms with E-state index >= 15 is 0 Å². The van der Waals surface area contributed by atoms with E-state index in [0.717, 1.165) is 21.7 Å². The molecule has 0 fully saturated rings. The van der Waals surface area contributed by atoms with Gasteiger partial charge in [0.05, 0.1) is 11.9 Å². The Labute approximate surface area is 168 Å². The number of sulfonamides is 1. The highest BCUT2D eigenvalue weighted by atomic mass is 32.2. The molecule has 5 nitrogen and oxygen atoms in total. The lowest BCUT2D eigenvalue weighted by atomic mass is 9.87. The molecule has 28 heavy (non-hydrogen) atoms. The molecule has 0 atom stereocenters. The fraction of sp³-hybridized carbons (Fsp3) is 0.409. The third-order valence-electron chi connectivity index (χ3n) is 4.57. The molecule has 0 aliphatic heterocycles. The maximum Gasteiger partial charge on any atom is 0.245 e. The number of para-hydroxylation sites is 1. The number of hydrogen-bond acceptors (Lipinski definition) is 3. The summed E-state index contributed by atoms with van der Waals surface area (Å²) < 4.78 is 25.8. The van der Waals surface area contributed by atoms with Crippen LogP contribution in [-0.2, 0) is 20.2 Å². The summed E-state index contributed by atoms with van der Waals surface area (Å²) in [5.74, 6) is -0.133. The highest BCUT2D eigenvalue weighted by molar-refractivity contribution is 7.92. The summed E-state index contributed by atoms with van der Waals surface area (Å²) in [4.78, 5) is 12.6. The zero-order valence-corrected chi connectivity index (χ0v) is 18.3. The van der Waals surface area contributed by atoms with Crippen LogP contribution >= 0.6 is 0 Å². The van der Waals surface area contributed by atoms with E-state index in [1.165, 1.54) is 0 Å². The fourth-order valence-corrected chi connectivity index (χ4v) is 3.82. The average molecular weight is 403 g/mol. The summed E-state index contributed by atoms with van der Waals surface area (Å²) in [7, 11) is -3.61. The zero-order valence-electron chi connectivity index (χ0n) is 17.5. The third-order valence-corrected chi connectivity index (χ3v) is 5.71. The number of rotatable bonds is 6. The molecule has 0 saturated heterocycles. The van der Waals surface area contributed by atoms with Gasteiger partial charge in [0.15, 0.2) is 0 Å². The normalized spacial score (nSPS) is 12.1. The Balaban J connectivity index is 2.25. The minimum atomic E-state index is -3.61. The van der Waals surface area contributed by atoms with Crippen molar-refractivity contribution < 1.29 is 13.2 Å². The van der Waals surface area contributed by atoms with Gasteiger partial charge < -0.3 is 5.32 Å². The van der Waals surface area contributed by atoms with E-state index in [4.69, 9.17) is 0 Å². The first-order valence-electron chi connectivity index (χ1n) is 9.36. The van der Waals surface area contributed by atoms with Gasteiger partial charge in [0, 0.05) is 5.69 Å². The molecular formula is C22H30N2O3S. The van der Waals surface area contributed by atoms with Crippen molar-refractivity contribution in [1.82, 2.24) is 0 Å². The number of benzene rings is 2. The summed E-state index contributed by atoms with van der Waals surface area (Å²) in [6.45, 7) is 10.1. The van der Waals surface area contributed by atoms with Crippen molar-refractivity contribution in [3.05, 3.63) is 59.7 Å². The number of carbonyl (C=O) groups excluding carboxylic acids is 1. The zero-order chi connectivity index (χ0) is 21.1. The molecule has 2 aromatic rings. The van der Waals surface area contributed by atoms with Gasteiger partial charge >= 0.3 is 0 Å². The molecule has 6 heteroatoms. The number of amides is 1. The molecule has 0 unspecified atom stereocenters. The number of anilines is 2. The lowest BCUT2D eigenvalue weighted by Gasteiger charge is -2.24. The Kier molecular flexibility index (Phi) is 6.55. The standard InChI is InChI=1S/C22H30N2O3S/c1-16(2)19-9-7-8-10-20(19)23-21(25)15-24(28(6,26)27)18-13-11-17(12-14-18)22(3,4)5/h7-14,16H,15H2,1-6H3,(H,23,25). The SMILES string of the molecule is CC(C)c1ccccc1NC(=O)CN(c1ccc(C(C)(C)C)cc1)S(C)(=O)=O. The Bertz CT molecular complexity index is 927. The van der Waals surface area contributed by atoms with Crippen LogP contribution in [0.5, 0.6) is 0 Å². The summed E-state index contributed by atoms with van der Waals surface area (Å²) in [6, 6.07) is 14.9. The molecule has 1 amide bonds. The molecule has 0 radical (unpaired) electrons. The van der Waals surface area contributed by atoms with Crippen LogP contribution in [0.15, 0.2) is 48.5 Å². The summed E-state index contributed by atoms with van der Waals surface area (Å²) in [5.41, 5.74) is 3.25. The highest BCUT2D eigenvalue weighted by Gasteiger charge is 2.22. The van der Waals surface area contributed by atoms with Crippen LogP contribution in [0.2, 0.25) is 0 Å². The van der Waals surface area contributed by atoms with Crippen LogP contribution in [-0.4, -0.2) is 27.1 Å². The molecule has 2 rings (SSSR count). The summed E-state index contributed by atoms with van der Waals surface area (Å²) in [5, 5.41) is 2.85. The first-order chi connectivity index (χ1) is 12.9. The topological polar surface area (TPSA) is 66.5 Å². The van der Waals surface area contributed by atoms with E-state index in [2.05, 4.69) is 26.1 Å². The third kappa shape index (κ3) is 5.58. The van der Waals surface area contributed by atoms with Crippen LogP contribution in [0, 0.1) is 0 Å². The average Bonchev–Trinajstić information content (AvgIpc) is 2.58. The van der Waals surface area contributed by atoms with Crippen molar-refractivity contribution in [2.75, 3.05) is 22.4 Å². The molecular weight excluding hydrogens is 372 g/mol. The Morgan fingerprint density at radius 2 is 1.61 bits per heavy atom. The predicted octanol–water partition coefficient (Wildman–Crippen LogP) is 4.51. The second kappa shape index (κ2) is 8.35. The van der Waals surface area contributed by atoms with Gasteiger partial charge in [-0.15, -0.1) is 0 Å². The Morgan fingerprint density at radius 1 is 1.04 bits per heavy atom. The van der Waals surface area contributed by atoms with Gasteiger partial charge in [0.1, 0.15) is 6.54 Å². The molecule has 0 saturated carbocycles. The van der Waals surface area contributed by atoms with E-state index in [9.17, 15) is 13.2 Å². The fourth-order valence-electron chi connectivity index (χ4n) is 2.96. The van der Waals surface area contributed by atoms with Gasteiger partial charge in [-0.25, -0.2) is 8.42 Å². The molecule has 1 N–H and O–H groups in total. The quantitative estimate of drug-likeness (QED) is 0.773. The van der Waals surface area contributed by atoms with Crippen LogP contribution in [0.1, 0.15) is 51.7 Å². The highest BCUT2D eigenvalue weighted by Crippen LogP contribution is 2.27. The number of hydrogen-bond donors (Lipinski definition) is 1. The smallest absolute Gasteiger partial charge is 0.245 e. The van der Waals surface area contributed by atoms with Crippen LogP contribution in [0.3, 0.4) is 0 Å². The molecule has 0 aliphatic carbocycles. The van der Waals surface area contributed by atoms with Crippen LogP contribution < -0.4 is 9.62 Å². The van der Waals surface area contributed by atoms with Gasteiger partial charge in [-0.3, -0.25) is 9.10 Å². The Morgan fingerprint density at radius 3 is 2.11 bits per heavy atom. The van der Waals surface area contributed by atoms with Crippen molar-refractivity contribution in [2.24, 2.45) is 0 Å². The van der Waals surface area contributed by atoms with E-state index < -0.39 is 10.0 Å². The van der Waals surface area contributed by atoms with Crippen molar-refractivity contribution in [1.29, 1.82) is 0 Å². The molecule has 0 spiro atoms. The van der Waals surface area contributed by atoms with Gasteiger partial charge in [0.2, 0.25) is 15.9 Å². The van der Waals surface area contributed by atoms with Gasteiger partial charge in [-0.1, -0.05) is 65.0 Å². The van der Waals surface area contributed by atoms with E-state index in [1.807, 2.05) is 50.2 Å². The lowest BCUT2D eigenvalue weighted by Crippen LogP contribution is -2.37. The molecule has 0 aromatic heterocycles. The van der Waals surface area contributed by atoms with Crippen molar-refractivity contribution in [3.63, 3.8) is 0 Å². The van der Waals surface area contributed by atoms with E-state index in [-0.39, 0.29) is 23.8 Å². The Hall–Kier alpha value is -2.34. The maximum absolute atomic E-state index is 12.6. The monoisotopic (exact) mass is 402 g/mol. The van der Waals surface area contributed by atoms with Crippen LogP contribution in [0.25, 0.3) is 0 Å². The largest absolute Gasteiger partial charge is 0.324 e. The predicted molar refractivity (Wildman–Crippen MR) is 116 cm³/mol. The first kappa shape index (κ1) is 22.0. The molecule has 0 aliphatic rings. The maximum atomic E-state index is 12.6. The van der Waals surface area contributed by atoms with Gasteiger partial charge in [-0.2, -0.15) is 0 Å². The van der Waals surface area contributed by atoms with E-state index in [0.29, 0.717) is 11.4 Å². The molecule has 0 bridgehead atoms. The first-order valence-corrected chi connectivity index (χ1v) is 11.2. The second-order valence-electron chi connectivity index (χ2n) is 8.36. The number of nitrogens with zero attached hydrogens (tertiary/aromatic N) is 1.